The molecule has 0 bridgehead atoms. The van der Waals surface area contributed by atoms with Gasteiger partial charge in [-0.2, -0.15) is 0 Å². The first kappa shape index (κ1) is 15.4. The van der Waals surface area contributed by atoms with Gasteiger partial charge in [0.2, 0.25) is 0 Å². The fourth-order valence-electron chi connectivity index (χ4n) is 1.72. The Kier molecular flexibility index (Phi) is 7.34. The van der Waals surface area contributed by atoms with E-state index in [4.69, 9.17) is 9.47 Å². The van der Waals surface area contributed by atoms with Crippen LogP contribution in [0.5, 0.6) is 0 Å². The lowest BCUT2D eigenvalue weighted by atomic mass is 9.83. The van der Waals surface area contributed by atoms with Crippen LogP contribution in [0.25, 0.3) is 0 Å². The number of esters is 1. The predicted molar refractivity (Wildman–Crippen MR) is 62.1 cm³/mol. The third kappa shape index (κ3) is 4.94. The maximum Gasteiger partial charge on any atom is 0.311 e. The van der Waals surface area contributed by atoms with Crippen molar-refractivity contribution in [3.05, 3.63) is 0 Å². The van der Waals surface area contributed by atoms with E-state index in [1.807, 2.05) is 0 Å². The van der Waals surface area contributed by atoms with Crippen molar-refractivity contribution in [3.8, 4) is 0 Å². The summed E-state index contributed by atoms with van der Waals surface area (Å²) in [6.45, 7) is 4.16. The summed E-state index contributed by atoms with van der Waals surface area (Å²) in [4.78, 5) is 11.6. The fraction of sp³-hybridized carbons (Fsp3) is 0.917. The second-order valence-corrected chi connectivity index (χ2v) is 4.32. The van der Waals surface area contributed by atoms with Crippen LogP contribution < -0.4 is 0 Å². The largest absolute Gasteiger partial charge is 0.469 e. The molecule has 0 aliphatic heterocycles. The molecule has 0 fully saturated rings. The van der Waals surface area contributed by atoms with Crippen LogP contribution in [0.3, 0.4) is 0 Å². The topological polar surface area (TPSA) is 55.8 Å². The van der Waals surface area contributed by atoms with Crippen molar-refractivity contribution in [1.29, 1.82) is 0 Å². The number of carbonyl (C=O) groups excluding carboxylic acids is 1. The van der Waals surface area contributed by atoms with Gasteiger partial charge >= 0.3 is 5.97 Å². The average Bonchev–Trinajstić information content (AvgIpc) is 2.26. The molecule has 0 aromatic carbocycles. The van der Waals surface area contributed by atoms with Gasteiger partial charge in [0, 0.05) is 20.1 Å². The molecule has 16 heavy (non-hydrogen) atoms. The molecule has 0 saturated heterocycles. The van der Waals surface area contributed by atoms with E-state index in [2.05, 4.69) is 6.92 Å². The third-order valence-corrected chi connectivity index (χ3v) is 2.90. The predicted octanol–water partition coefficient (Wildman–Crippen LogP) is 1.75. The lowest BCUT2D eigenvalue weighted by Gasteiger charge is -2.30. The van der Waals surface area contributed by atoms with E-state index in [0.29, 0.717) is 19.4 Å². The number of rotatable bonds is 8. The van der Waals surface area contributed by atoms with E-state index in [1.54, 1.807) is 14.0 Å². The number of aliphatic hydroxyl groups is 1. The van der Waals surface area contributed by atoms with Gasteiger partial charge < -0.3 is 14.6 Å². The summed E-state index contributed by atoms with van der Waals surface area (Å²) < 4.78 is 9.67. The van der Waals surface area contributed by atoms with Crippen molar-refractivity contribution in [2.45, 2.75) is 45.1 Å². The number of carbonyl (C=O) groups is 1. The van der Waals surface area contributed by atoms with E-state index in [-0.39, 0.29) is 5.97 Å². The molecule has 0 spiro atoms. The molecule has 96 valence electrons. The Morgan fingerprint density at radius 3 is 2.50 bits per heavy atom. The Labute approximate surface area is 97.9 Å². The second kappa shape index (κ2) is 7.63. The molecule has 4 heteroatoms. The Morgan fingerprint density at radius 2 is 2.06 bits per heavy atom. The van der Waals surface area contributed by atoms with E-state index >= 15 is 0 Å². The molecule has 2 unspecified atom stereocenters. The molecular weight excluding hydrogens is 208 g/mol. The van der Waals surface area contributed by atoms with Gasteiger partial charge in [-0.1, -0.05) is 19.8 Å². The fourth-order valence-corrected chi connectivity index (χ4v) is 1.72. The lowest BCUT2D eigenvalue weighted by molar-refractivity contribution is -0.156. The highest BCUT2D eigenvalue weighted by atomic mass is 16.5. The van der Waals surface area contributed by atoms with Crippen LogP contribution in [0, 0.1) is 5.92 Å². The molecule has 4 nitrogen and oxygen atoms in total. The molecule has 0 rings (SSSR count). The minimum absolute atomic E-state index is 0.338. The highest BCUT2D eigenvalue weighted by molar-refractivity contribution is 5.73. The lowest BCUT2D eigenvalue weighted by Crippen LogP contribution is -2.41. The number of methoxy groups -OCH3 is 2. The quantitative estimate of drug-likeness (QED) is 0.648. The van der Waals surface area contributed by atoms with Crippen LogP contribution in [0.2, 0.25) is 0 Å². The first-order chi connectivity index (χ1) is 7.49. The first-order valence-corrected chi connectivity index (χ1v) is 5.78. The minimum Gasteiger partial charge on any atom is -0.469 e. The Bertz CT molecular complexity index is 201. The zero-order chi connectivity index (χ0) is 12.6. The number of ether oxygens (including phenoxy) is 2. The standard InChI is InChI=1S/C12H24O4/c1-5-6-7-10(11(13)16-4)12(2,14)8-9-15-3/h10,14H,5-9H2,1-4H3. The van der Waals surface area contributed by atoms with Gasteiger partial charge in [-0.3, -0.25) is 4.79 Å². The summed E-state index contributed by atoms with van der Waals surface area (Å²) in [5.74, 6) is -0.804. The van der Waals surface area contributed by atoms with E-state index < -0.39 is 11.5 Å². The van der Waals surface area contributed by atoms with Crippen molar-refractivity contribution < 1.29 is 19.4 Å². The average molecular weight is 232 g/mol. The second-order valence-electron chi connectivity index (χ2n) is 4.32. The van der Waals surface area contributed by atoms with Gasteiger partial charge in [0.15, 0.2) is 0 Å². The monoisotopic (exact) mass is 232 g/mol. The van der Waals surface area contributed by atoms with Crippen LogP contribution in [0.1, 0.15) is 39.5 Å². The van der Waals surface area contributed by atoms with Gasteiger partial charge in [0.25, 0.3) is 0 Å². The molecule has 0 aliphatic carbocycles. The van der Waals surface area contributed by atoms with Crippen molar-refractivity contribution in [3.63, 3.8) is 0 Å². The molecule has 0 aromatic heterocycles. The Hall–Kier alpha value is -0.610. The van der Waals surface area contributed by atoms with Crippen molar-refractivity contribution in [2.75, 3.05) is 20.8 Å². The van der Waals surface area contributed by atoms with E-state index in [9.17, 15) is 9.90 Å². The Morgan fingerprint density at radius 1 is 1.44 bits per heavy atom. The van der Waals surface area contributed by atoms with Crippen molar-refractivity contribution in [2.24, 2.45) is 5.92 Å². The van der Waals surface area contributed by atoms with Gasteiger partial charge in [-0.05, 0) is 13.3 Å². The van der Waals surface area contributed by atoms with Crippen LogP contribution in [0.4, 0.5) is 0 Å². The molecule has 1 N–H and O–H groups in total. The van der Waals surface area contributed by atoms with Crippen LogP contribution in [-0.4, -0.2) is 37.5 Å². The molecule has 0 radical (unpaired) electrons. The maximum absolute atomic E-state index is 11.6. The summed E-state index contributed by atoms with van der Waals surface area (Å²) in [7, 11) is 2.93. The SMILES string of the molecule is CCCCC(C(=O)OC)C(C)(O)CCOC. The third-order valence-electron chi connectivity index (χ3n) is 2.90. The molecular formula is C12H24O4. The van der Waals surface area contributed by atoms with Crippen molar-refractivity contribution >= 4 is 5.97 Å². The molecule has 0 saturated carbocycles. The first-order valence-electron chi connectivity index (χ1n) is 5.78. The zero-order valence-corrected chi connectivity index (χ0v) is 10.8. The molecule has 0 aliphatic rings. The minimum atomic E-state index is -1.06. The van der Waals surface area contributed by atoms with Gasteiger partial charge in [-0.15, -0.1) is 0 Å². The summed E-state index contributed by atoms with van der Waals surface area (Å²) >= 11 is 0. The van der Waals surface area contributed by atoms with Gasteiger partial charge in [0.05, 0.1) is 18.6 Å². The highest BCUT2D eigenvalue weighted by Gasteiger charge is 2.37. The summed E-state index contributed by atoms with van der Waals surface area (Å²) in [6, 6.07) is 0. The Balaban J connectivity index is 4.51. The van der Waals surface area contributed by atoms with Gasteiger partial charge in [0.1, 0.15) is 0 Å². The van der Waals surface area contributed by atoms with Crippen LogP contribution in [0.15, 0.2) is 0 Å². The van der Waals surface area contributed by atoms with E-state index in [1.165, 1.54) is 7.11 Å². The molecule has 2 atom stereocenters. The highest BCUT2D eigenvalue weighted by Crippen LogP contribution is 2.27. The summed E-state index contributed by atoms with van der Waals surface area (Å²) in [5, 5.41) is 10.3. The smallest absolute Gasteiger partial charge is 0.311 e. The zero-order valence-electron chi connectivity index (χ0n) is 10.8. The number of unbranched alkanes of at least 4 members (excludes halogenated alkanes) is 1. The van der Waals surface area contributed by atoms with Gasteiger partial charge in [-0.25, -0.2) is 0 Å². The van der Waals surface area contributed by atoms with Crippen molar-refractivity contribution in [1.82, 2.24) is 0 Å². The van der Waals surface area contributed by atoms with Crippen LogP contribution in [-0.2, 0) is 14.3 Å². The molecule has 0 aromatic rings. The normalized spacial score (nSPS) is 16.6. The maximum atomic E-state index is 11.6. The van der Waals surface area contributed by atoms with E-state index in [0.717, 1.165) is 12.8 Å². The molecule has 0 amide bonds. The molecule has 0 heterocycles. The summed E-state index contributed by atoms with van der Waals surface area (Å²) in [5.41, 5.74) is -1.06. The summed E-state index contributed by atoms with van der Waals surface area (Å²) in [6.07, 6.45) is 2.99. The van der Waals surface area contributed by atoms with Crippen LogP contribution >= 0.6 is 0 Å². The number of hydrogen-bond donors (Lipinski definition) is 1. The number of hydrogen-bond acceptors (Lipinski definition) is 4.